The van der Waals surface area contributed by atoms with Gasteiger partial charge in [-0.2, -0.15) is 0 Å². The molecular weight excluding hydrogens is 384 g/mol. The van der Waals surface area contributed by atoms with Crippen molar-refractivity contribution in [1.29, 1.82) is 0 Å². The molecule has 9 heteroatoms. The normalized spacial score (nSPS) is 11.3. The SMILES string of the molecule is Cc1c(Cl)c(Cl)c(Cl)n1-n1c(Cl)c(Cl)c(Cl)c1Cl. The predicted molar refractivity (Wildman–Crippen MR) is 79.5 cm³/mol. The second-order valence-electron chi connectivity index (χ2n) is 3.34. The van der Waals surface area contributed by atoms with Gasteiger partial charge >= 0.3 is 0 Å². The molecule has 18 heavy (non-hydrogen) atoms. The van der Waals surface area contributed by atoms with E-state index < -0.39 is 0 Å². The zero-order valence-electron chi connectivity index (χ0n) is 8.54. The molecule has 0 unspecified atom stereocenters. The average Bonchev–Trinajstić information content (AvgIpc) is 2.64. The lowest BCUT2D eigenvalue weighted by Gasteiger charge is -2.12. The van der Waals surface area contributed by atoms with Crippen LogP contribution < -0.4 is 0 Å². The van der Waals surface area contributed by atoms with Gasteiger partial charge in [0.1, 0.15) is 5.15 Å². The van der Waals surface area contributed by atoms with Crippen LogP contribution in [0.1, 0.15) is 5.69 Å². The summed E-state index contributed by atoms with van der Waals surface area (Å²) in [6.07, 6.45) is 0. The van der Waals surface area contributed by atoms with Gasteiger partial charge in [-0.05, 0) is 6.92 Å². The lowest BCUT2D eigenvalue weighted by atomic mass is 10.5. The van der Waals surface area contributed by atoms with Crippen molar-refractivity contribution in [2.75, 3.05) is 0 Å². The number of hydrogen-bond donors (Lipinski definition) is 0. The summed E-state index contributed by atoms with van der Waals surface area (Å²) in [5, 5.41) is 1.13. The third-order valence-electron chi connectivity index (χ3n) is 2.32. The van der Waals surface area contributed by atoms with Crippen LogP contribution in [0.5, 0.6) is 0 Å². The first-order valence-corrected chi connectivity index (χ1v) is 7.06. The maximum atomic E-state index is 6.08. The molecule has 0 aliphatic heterocycles. The Kier molecular flexibility index (Phi) is 4.31. The Morgan fingerprint density at radius 3 is 1.22 bits per heavy atom. The number of hydrogen-bond acceptors (Lipinski definition) is 0. The molecule has 0 amide bonds. The Balaban J connectivity index is 2.86. The van der Waals surface area contributed by atoms with Gasteiger partial charge in [-0.3, -0.25) is 0 Å². The lowest BCUT2D eigenvalue weighted by molar-refractivity contribution is 0.651. The summed E-state index contributed by atoms with van der Waals surface area (Å²) in [7, 11) is 0. The molecule has 0 spiro atoms. The van der Waals surface area contributed by atoms with Crippen LogP contribution in [0.15, 0.2) is 0 Å². The second-order valence-corrected chi connectivity index (χ2v) is 5.92. The number of rotatable bonds is 1. The van der Waals surface area contributed by atoms with E-state index in [-0.39, 0.29) is 30.5 Å². The summed E-state index contributed by atoms with van der Waals surface area (Å²) in [6, 6.07) is 0. The summed E-state index contributed by atoms with van der Waals surface area (Å²) >= 11 is 42.0. The van der Waals surface area contributed by atoms with E-state index in [1.54, 1.807) is 6.92 Å². The standard InChI is InChI=1S/C9H3Cl7N2/c1-2-3(10)4(11)7(14)17(2)18-8(15)5(12)6(13)9(18)16/h1H3. The van der Waals surface area contributed by atoms with Crippen molar-refractivity contribution in [2.24, 2.45) is 0 Å². The molecular formula is C9H3Cl7N2. The minimum absolute atomic E-state index is 0.111. The van der Waals surface area contributed by atoms with E-state index >= 15 is 0 Å². The Morgan fingerprint density at radius 1 is 0.556 bits per heavy atom. The second kappa shape index (κ2) is 5.17. The van der Waals surface area contributed by atoms with Gasteiger partial charge in [0.05, 0.1) is 25.8 Å². The van der Waals surface area contributed by atoms with E-state index in [0.717, 1.165) is 0 Å². The molecule has 2 rings (SSSR count). The van der Waals surface area contributed by atoms with Gasteiger partial charge < -0.3 is 0 Å². The zero-order chi connectivity index (χ0) is 13.8. The van der Waals surface area contributed by atoms with Gasteiger partial charge in [-0.25, -0.2) is 9.35 Å². The number of nitrogens with zero attached hydrogens (tertiary/aromatic N) is 2. The van der Waals surface area contributed by atoms with Gasteiger partial charge in [-0.1, -0.05) is 81.2 Å². The first-order valence-electron chi connectivity index (χ1n) is 4.42. The molecule has 0 N–H and O–H groups in total. The van der Waals surface area contributed by atoms with Gasteiger partial charge in [-0.15, -0.1) is 0 Å². The molecule has 2 heterocycles. The summed E-state index contributed by atoms with van der Waals surface area (Å²) in [5.74, 6) is 0. The molecule has 0 saturated heterocycles. The minimum atomic E-state index is 0.111. The van der Waals surface area contributed by atoms with E-state index in [1.807, 2.05) is 0 Å². The van der Waals surface area contributed by atoms with E-state index in [9.17, 15) is 0 Å². The molecule has 2 nitrogen and oxygen atoms in total. The largest absolute Gasteiger partial charge is 0.237 e. The molecule has 2 aromatic heterocycles. The molecule has 0 aliphatic carbocycles. The fourth-order valence-corrected chi connectivity index (χ4v) is 3.17. The van der Waals surface area contributed by atoms with Crippen LogP contribution >= 0.6 is 81.2 Å². The Hall–Kier alpha value is 0.590. The molecule has 0 saturated carbocycles. The molecule has 0 atom stereocenters. The molecule has 2 aromatic rings. The van der Waals surface area contributed by atoms with Crippen molar-refractivity contribution in [2.45, 2.75) is 6.92 Å². The van der Waals surface area contributed by atoms with Gasteiger partial charge in [0.25, 0.3) is 0 Å². The quantitative estimate of drug-likeness (QED) is 0.530. The van der Waals surface area contributed by atoms with E-state index in [2.05, 4.69) is 0 Å². The van der Waals surface area contributed by atoms with Crippen molar-refractivity contribution < 1.29 is 0 Å². The summed E-state index contributed by atoms with van der Waals surface area (Å²) < 4.78 is 2.75. The Morgan fingerprint density at radius 2 is 0.889 bits per heavy atom. The average molecular weight is 387 g/mol. The van der Waals surface area contributed by atoms with Crippen molar-refractivity contribution in [3.63, 3.8) is 0 Å². The highest BCUT2D eigenvalue weighted by molar-refractivity contribution is 6.52. The molecule has 0 fully saturated rings. The first kappa shape index (κ1) is 15.0. The molecule has 0 aliphatic rings. The highest BCUT2D eigenvalue weighted by Crippen LogP contribution is 2.42. The smallest absolute Gasteiger partial charge is 0.151 e. The van der Waals surface area contributed by atoms with Crippen molar-refractivity contribution in [3.05, 3.63) is 41.2 Å². The maximum Gasteiger partial charge on any atom is 0.151 e. The highest BCUT2D eigenvalue weighted by Gasteiger charge is 2.24. The number of aromatic nitrogens is 2. The van der Waals surface area contributed by atoms with Crippen LogP contribution in [0.3, 0.4) is 0 Å². The number of halogens is 7. The molecule has 0 bridgehead atoms. The van der Waals surface area contributed by atoms with Crippen molar-refractivity contribution in [1.82, 2.24) is 9.35 Å². The maximum absolute atomic E-state index is 6.08. The molecule has 0 radical (unpaired) electrons. The van der Waals surface area contributed by atoms with E-state index in [4.69, 9.17) is 81.2 Å². The van der Waals surface area contributed by atoms with Crippen LogP contribution in [0.25, 0.3) is 0 Å². The van der Waals surface area contributed by atoms with Crippen LogP contribution in [-0.4, -0.2) is 9.35 Å². The zero-order valence-corrected chi connectivity index (χ0v) is 13.8. The van der Waals surface area contributed by atoms with Crippen molar-refractivity contribution in [3.8, 4) is 0 Å². The Bertz CT molecular complexity index is 533. The predicted octanol–water partition coefficient (Wildman–Crippen LogP) is 6.48. The molecule has 0 aromatic carbocycles. The van der Waals surface area contributed by atoms with Crippen molar-refractivity contribution >= 4 is 81.2 Å². The van der Waals surface area contributed by atoms with Gasteiger partial charge in [0.15, 0.2) is 10.3 Å². The third-order valence-corrected chi connectivity index (χ3v) is 5.42. The highest BCUT2D eigenvalue weighted by atomic mass is 35.5. The summed E-state index contributed by atoms with van der Waals surface area (Å²) in [4.78, 5) is 0. The van der Waals surface area contributed by atoms with E-state index in [0.29, 0.717) is 10.7 Å². The van der Waals surface area contributed by atoms with Crippen LogP contribution in [0.2, 0.25) is 35.5 Å². The van der Waals surface area contributed by atoms with Crippen LogP contribution in [0, 0.1) is 6.92 Å². The Labute approximate surface area is 138 Å². The monoisotopic (exact) mass is 384 g/mol. The lowest BCUT2D eigenvalue weighted by Crippen LogP contribution is -2.11. The first-order chi connectivity index (χ1) is 8.29. The molecule has 98 valence electrons. The fraction of sp³-hybridized carbons (Fsp3) is 0.111. The van der Waals surface area contributed by atoms with Gasteiger partial charge in [0.2, 0.25) is 0 Å². The topological polar surface area (TPSA) is 9.86 Å². The van der Waals surface area contributed by atoms with Crippen LogP contribution in [-0.2, 0) is 0 Å². The summed E-state index contributed by atoms with van der Waals surface area (Å²) in [5.41, 5.74) is 0.554. The third kappa shape index (κ3) is 2.03. The fourth-order valence-electron chi connectivity index (χ4n) is 1.45. The van der Waals surface area contributed by atoms with Gasteiger partial charge in [0, 0.05) is 0 Å². The minimum Gasteiger partial charge on any atom is -0.237 e. The van der Waals surface area contributed by atoms with Crippen LogP contribution in [0.4, 0.5) is 0 Å². The van der Waals surface area contributed by atoms with E-state index in [1.165, 1.54) is 9.35 Å². The summed E-state index contributed by atoms with van der Waals surface area (Å²) in [6.45, 7) is 1.70.